The van der Waals surface area contributed by atoms with Gasteiger partial charge in [0.25, 0.3) is 0 Å². The summed E-state index contributed by atoms with van der Waals surface area (Å²) in [6.07, 6.45) is 0.208. The number of carbonyl (C=O) groups excluding carboxylic acids is 1. The maximum absolute atomic E-state index is 11.6. The van der Waals surface area contributed by atoms with Gasteiger partial charge in [-0.1, -0.05) is 6.07 Å². The fourth-order valence-corrected chi connectivity index (χ4v) is 2.01. The summed E-state index contributed by atoms with van der Waals surface area (Å²) in [5.41, 5.74) is 2.37. The molecular weight excluding hydrogens is 222 g/mol. The number of hydrogen-bond acceptors (Lipinski definition) is 3. The average Bonchev–Trinajstić information content (AvgIpc) is 2.28. The molecule has 1 aliphatic heterocycles. The second-order valence-corrected chi connectivity index (χ2v) is 4.02. The number of amides is 1. The van der Waals surface area contributed by atoms with Gasteiger partial charge in [0.15, 0.2) is 0 Å². The minimum atomic E-state index is -1.10. The van der Waals surface area contributed by atoms with Gasteiger partial charge in [-0.2, -0.15) is 0 Å². The molecule has 0 saturated carbocycles. The molecule has 17 heavy (non-hydrogen) atoms. The van der Waals surface area contributed by atoms with E-state index in [-0.39, 0.29) is 6.42 Å². The highest BCUT2D eigenvalue weighted by molar-refractivity contribution is 6.07. The number of carbonyl (C=O) groups is 2. The predicted molar refractivity (Wildman–Crippen MR) is 61.2 cm³/mol. The molecule has 0 bridgehead atoms. The summed E-state index contributed by atoms with van der Waals surface area (Å²) in [4.78, 5) is 22.6. The molecule has 1 aromatic carbocycles. The fourth-order valence-electron chi connectivity index (χ4n) is 2.01. The molecule has 0 aliphatic carbocycles. The number of aryl methyl sites for hydroxylation is 1. The fraction of sp³-hybridized carbons (Fsp3) is 0.333. The third kappa shape index (κ3) is 1.84. The van der Waals surface area contributed by atoms with Crippen LogP contribution in [-0.2, 0) is 16.0 Å². The van der Waals surface area contributed by atoms with Crippen LogP contribution in [-0.4, -0.2) is 24.1 Å². The van der Waals surface area contributed by atoms with Crippen LogP contribution >= 0.6 is 0 Å². The molecule has 0 saturated heterocycles. The van der Waals surface area contributed by atoms with Gasteiger partial charge < -0.3 is 15.2 Å². The number of anilines is 1. The van der Waals surface area contributed by atoms with E-state index in [2.05, 4.69) is 5.32 Å². The monoisotopic (exact) mass is 235 g/mol. The van der Waals surface area contributed by atoms with E-state index in [9.17, 15) is 9.59 Å². The summed E-state index contributed by atoms with van der Waals surface area (Å²) >= 11 is 0. The normalized spacial score (nSPS) is 18.2. The first kappa shape index (κ1) is 11.4. The number of ether oxygens (including phenoxy) is 1. The lowest BCUT2D eigenvalue weighted by atomic mass is 9.90. The Bertz CT molecular complexity index is 496. The highest BCUT2D eigenvalue weighted by Gasteiger charge is 2.34. The van der Waals surface area contributed by atoms with Crippen LogP contribution in [0.5, 0.6) is 5.75 Å². The molecule has 1 aromatic rings. The Morgan fingerprint density at radius 2 is 2.24 bits per heavy atom. The van der Waals surface area contributed by atoms with Crippen molar-refractivity contribution in [2.24, 2.45) is 5.92 Å². The first-order chi connectivity index (χ1) is 8.04. The van der Waals surface area contributed by atoms with E-state index < -0.39 is 17.8 Å². The van der Waals surface area contributed by atoms with Crippen molar-refractivity contribution < 1.29 is 19.4 Å². The van der Waals surface area contributed by atoms with Crippen molar-refractivity contribution in [1.82, 2.24) is 0 Å². The van der Waals surface area contributed by atoms with Gasteiger partial charge in [0, 0.05) is 0 Å². The van der Waals surface area contributed by atoms with Crippen molar-refractivity contribution in [3.05, 3.63) is 23.3 Å². The lowest BCUT2D eigenvalue weighted by Crippen LogP contribution is -2.35. The van der Waals surface area contributed by atoms with Crippen LogP contribution in [0.1, 0.15) is 11.1 Å². The van der Waals surface area contributed by atoms with E-state index in [1.807, 2.05) is 13.0 Å². The molecular formula is C12H13NO4. The van der Waals surface area contributed by atoms with Crippen molar-refractivity contribution in [2.45, 2.75) is 13.3 Å². The summed E-state index contributed by atoms with van der Waals surface area (Å²) in [5.74, 6) is -2.06. The van der Waals surface area contributed by atoms with Crippen LogP contribution in [0.4, 0.5) is 5.69 Å². The van der Waals surface area contributed by atoms with Gasteiger partial charge in [0.2, 0.25) is 5.91 Å². The zero-order valence-electron chi connectivity index (χ0n) is 9.61. The van der Waals surface area contributed by atoms with Gasteiger partial charge in [0.1, 0.15) is 11.7 Å². The van der Waals surface area contributed by atoms with Crippen molar-refractivity contribution in [3.8, 4) is 5.75 Å². The molecule has 1 heterocycles. The summed E-state index contributed by atoms with van der Waals surface area (Å²) in [6, 6.07) is 3.61. The minimum absolute atomic E-state index is 0.208. The average molecular weight is 235 g/mol. The van der Waals surface area contributed by atoms with Gasteiger partial charge >= 0.3 is 5.97 Å². The zero-order valence-corrected chi connectivity index (χ0v) is 9.61. The quantitative estimate of drug-likeness (QED) is 0.755. The van der Waals surface area contributed by atoms with E-state index >= 15 is 0 Å². The smallest absolute Gasteiger partial charge is 0.316 e. The maximum Gasteiger partial charge on any atom is 0.316 e. The van der Waals surface area contributed by atoms with E-state index in [1.165, 1.54) is 7.11 Å². The Kier molecular flexibility index (Phi) is 2.75. The molecule has 1 atom stereocenters. The first-order valence-electron chi connectivity index (χ1n) is 5.24. The summed E-state index contributed by atoms with van der Waals surface area (Å²) < 4.78 is 5.15. The highest BCUT2D eigenvalue weighted by atomic mass is 16.5. The SMILES string of the molecule is COc1ccc(C)c2c1NC(=O)C(C(=O)O)C2. The number of nitrogens with one attached hydrogen (secondary N) is 1. The van der Waals surface area contributed by atoms with Gasteiger partial charge in [-0.3, -0.25) is 9.59 Å². The van der Waals surface area contributed by atoms with Gasteiger partial charge in [-0.15, -0.1) is 0 Å². The molecule has 0 radical (unpaired) electrons. The largest absolute Gasteiger partial charge is 0.495 e. The molecule has 0 spiro atoms. The molecule has 5 heteroatoms. The predicted octanol–water partition coefficient (Wildman–Crippen LogP) is 1.20. The third-order valence-corrected chi connectivity index (χ3v) is 3.00. The maximum atomic E-state index is 11.6. The van der Waals surface area contributed by atoms with Crippen LogP contribution in [0.25, 0.3) is 0 Å². The van der Waals surface area contributed by atoms with Gasteiger partial charge in [-0.25, -0.2) is 0 Å². The third-order valence-electron chi connectivity index (χ3n) is 3.00. The molecule has 2 N–H and O–H groups in total. The Morgan fingerprint density at radius 1 is 1.53 bits per heavy atom. The molecule has 1 unspecified atom stereocenters. The molecule has 90 valence electrons. The Labute approximate surface area is 98.4 Å². The van der Waals surface area contributed by atoms with Crippen molar-refractivity contribution in [1.29, 1.82) is 0 Å². The molecule has 1 amide bonds. The number of hydrogen-bond donors (Lipinski definition) is 2. The Balaban J connectivity index is 2.50. The molecule has 2 rings (SSSR count). The second-order valence-electron chi connectivity index (χ2n) is 4.02. The minimum Gasteiger partial charge on any atom is -0.495 e. The first-order valence-corrected chi connectivity index (χ1v) is 5.24. The van der Waals surface area contributed by atoms with Crippen LogP contribution in [0.15, 0.2) is 12.1 Å². The summed E-state index contributed by atoms with van der Waals surface area (Å²) in [6.45, 7) is 1.88. The van der Waals surface area contributed by atoms with Gasteiger partial charge in [0.05, 0.1) is 12.8 Å². The molecule has 0 aromatic heterocycles. The van der Waals surface area contributed by atoms with E-state index in [0.717, 1.165) is 11.1 Å². The van der Waals surface area contributed by atoms with Crippen molar-refractivity contribution in [2.75, 3.05) is 12.4 Å². The van der Waals surface area contributed by atoms with E-state index in [0.29, 0.717) is 11.4 Å². The number of aliphatic carboxylic acids is 1. The summed E-state index contributed by atoms with van der Waals surface area (Å²) in [5, 5.41) is 11.6. The lowest BCUT2D eigenvalue weighted by Gasteiger charge is -2.25. The van der Waals surface area contributed by atoms with Gasteiger partial charge in [-0.05, 0) is 30.5 Å². The van der Waals surface area contributed by atoms with E-state index in [4.69, 9.17) is 9.84 Å². The number of methoxy groups -OCH3 is 1. The zero-order chi connectivity index (χ0) is 12.6. The van der Waals surface area contributed by atoms with Crippen molar-refractivity contribution >= 4 is 17.6 Å². The number of carboxylic acids is 1. The molecule has 1 aliphatic rings. The number of rotatable bonds is 2. The standard InChI is InChI=1S/C12H13NO4/c1-6-3-4-9(17-2)10-7(6)5-8(12(15)16)11(14)13-10/h3-4,8H,5H2,1-2H3,(H,13,14)(H,15,16). The molecule has 5 nitrogen and oxygen atoms in total. The van der Waals surface area contributed by atoms with Crippen LogP contribution in [0.3, 0.4) is 0 Å². The number of fused-ring (bicyclic) bond motifs is 1. The number of carboxylic acid groups (broad SMARTS) is 1. The van der Waals surface area contributed by atoms with Crippen LogP contribution in [0.2, 0.25) is 0 Å². The van der Waals surface area contributed by atoms with Crippen LogP contribution in [0, 0.1) is 12.8 Å². The molecule has 0 fully saturated rings. The topological polar surface area (TPSA) is 75.6 Å². The lowest BCUT2D eigenvalue weighted by molar-refractivity contribution is -0.145. The van der Waals surface area contributed by atoms with E-state index in [1.54, 1.807) is 6.07 Å². The second kappa shape index (κ2) is 4.08. The van der Waals surface area contributed by atoms with Crippen molar-refractivity contribution in [3.63, 3.8) is 0 Å². The Hall–Kier alpha value is -2.04. The van der Waals surface area contributed by atoms with Crippen LogP contribution < -0.4 is 10.1 Å². The highest BCUT2D eigenvalue weighted by Crippen LogP contribution is 2.36. The number of benzene rings is 1. The Morgan fingerprint density at radius 3 is 2.82 bits per heavy atom. The summed E-state index contributed by atoms with van der Waals surface area (Å²) in [7, 11) is 1.51.